The Balaban J connectivity index is 2.72. The average molecular weight is 287 g/mol. The molecule has 0 bridgehead atoms. The Kier molecular flexibility index (Phi) is 4.56. The molecule has 0 radical (unpaired) electrons. The van der Waals surface area contributed by atoms with Crippen LogP contribution in [0.4, 0.5) is 10.2 Å². The van der Waals surface area contributed by atoms with Gasteiger partial charge in [-0.25, -0.2) is 14.4 Å². The van der Waals surface area contributed by atoms with Gasteiger partial charge in [0.2, 0.25) is 0 Å². The van der Waals surface area contributed by atoms with E-state index in [9.17, 15) is 4.39 Å². The molecule has 112 valence electrons. The molecule has 1 heterocycles. The predicted molar refractivity (Wildman–Crippen MR) is 85.2 cm³/mol. The number of aryl methyl sites for hydroxylation is 2. The summed E-state index contributed by atoms with van der Waals surface area (Å²) in [5.41, 5.74) is 4.04. The molecule has 1 aromatic heterocycles. The van der Waals surface area contributed by atoms with Gasteiger partial charge in [0.15, 0.2) is 0 Å². The summed E-state index contributed by atoms with van der Waals surface area (Å²) in [6.45, 7) is 10.8. The lowest BCUT2D eigenvalue weighted by atomic mass is 9.93. The first-order valence-electron chi connectivity index (χ1n) is 7.31. The number of hydrogen-bond acceptors (Lipinski definition) is 3. The van der Waals surface area contributed by atoms with E-state index in [2.05, 4.69) is 29.1 Å². The number of hydrogen-bond donors (Lipinski definition) is 1. The van der Waals surface area contributed by atoms with Crippen molar-refractivity contribution in [2.75, 3.05) is 11.9 Å². The topological polar surface area (TPSA) is 37.8 Å². The zero-order valence-electron chi connectivity index (χ0n) is 13.3. The maximum absolute atomic E-state index is 14.5. The molecular weight excluding hydrogens is 265 g/mol. The van der Waals surface area contributed by atoms with E-state index >= 15 is 0 Å². The first-order valence-corrected chi connectivity index (χ1v) is 7.31. The third kappa shape index (κ3) is 3.04. The fourth-order valence-electron chi connectivity index (χ4n) is 2.67. The van der Waals surface area contributed by atoms with E-state index in [-0.39, 0.29) is 11.7 Å². The standard InChI is InChI=1S/C17H22FN3/c1-6-19-17-14(10(2)3)16(20-9-21-17)15-12(5)7-11(4)8-13(15)18/h7-10H,6H2,1-5H3,(H,19,20,21). The molecule has 1 N–H and O–H groups in total. The van der Waals surface area contributed by atoms with Crippen LogP contribution >= 0.6 is 0 Å². The van der Waals surface area contributed by atoms with E-state index in [0.717, 1.165) is 29.1 Å². The minimum Gasteiger partial charge on any atom is -0.370 e. The van der Waals surface area contributed by atoms with Gasteiger partial charge in [-0.15, -0.1) is 0 Å². The van der Waals surface area contributed by atoms with Crippen LogP contribution in [0.5, 0.6) is 0 Å². The van der Waals surface area contributed by atoms with Crippen molar-refractivity contribution in [3.05, 3.63) is 41.0 Å². The van der Waals surface area contributed by atoms with Crippen molar-refractivity contribution in [3.8, 4) is 11.3 Å². The Morgan fingerprint density at radius 1 is 1.19 bits per heavy atom. The maximum atomic E-state index is 14.5. The zero-order valence-corrected chi connectivity index (χ0v) is 13.3. The van der Waals surface area contributed by atoms with Crippen LogP contribution in [0.15, 0.2) is 18.5 Å². The minimum atomic E-state index is -0.226. The van der Waals surface area contributed by atoms with Gasteiger partial charge < -0.3 is 5.32 Å². The molecule has 2 rings (SSSR count). The van der Waals surface area contributed by atoms with Crippen molar-refractivity contribution in [1.82, 2.24) is 9.97 Å². The van der Waals surface area contributed by atoms with Crippen molar-refractivity contribution < 1.29 is 4.39 Å². The van der Waals surface area contributed by atoms with Gasteiger partial charge in [0.25, 0.3) is 0 Å². The number of halogens is 1. The highest BCUT2D eigenvalue weighted by atomic mass is 19.1. The van der Waals surface area contributed by atoms with Crippen LogP contribution in [0.1, 0.15) is 43.4 Å². The molecule has 4 heteroatoms. The number of benzene rings is 1. The second kappa shape index (κ2) is 6.20. The molecule has 0 spiro atoms. The summed E-state index contributed by atoms with van der Waals surface area (Å²) in [5.74, 6) is 0.766. The highest BCUT2D eigenvalue weighted by molar-refractivity contribution is 5.72. The number of anilines is 1. The molecule has 0 amide bonds. The van der Waals surface area contributed by atoms with Crippen molar-refractivity contribution >= 4 is 5.82 Å². The molecule has 3 nitrogen and oxygen atoms in total. The van der Waals surface area contributed by atoms with Crippen molar-refractivity contribution in [2.24, 2.45) is 0 Å². The lowest BCUT2D eigenvalue weighted by Crippen LogP contribution is -2.08. The van der Waals surface area contributed by atoms with Crippen molar-refractivity contribution in [2.45, 2.75) is 40.5 Å². The van der Waals surface area contributed by atoms with Crippen molar-refractivity contribution in [1.29, 1.82) is 0 Å². The molecule has 0 aliphatic heterocycles. The first-order chi connectivity index (χ1) is 9.95. The third-order valence-corrected chi connectivity index (χ3v) is 3.47. The third-order valence-electron chi connectivity index (χ3n) is 3.47. The summed E-state index contributed by atoms with van der Waals surface area (Å²) in [7, 11) is 0. The molecule has 1 aromatic carbocycles. The molecule has 0 saturated carbocycles. The Labute approximate surface area is 125 Å². The van der Waals surface area contributed by atoms with Gasteiger partial charge in [-0.1, -0.05) is 19.9 Å². The smallest absolute Gasteiger partial charge is 0.133 e. The lowest BCUT2D eigenvalue weighted by molar-refractivity contribution is 0.627. The normalized spacial score (nSPS) is 11.0. The highest BCUT2D eigenvalue weighted by Gasteiger charge is 2.20. The van der Waals surface area contributed by atoms with E-state index < -0.39 is 0 Å². The summed E-state index contributed by atoms with van der Waals surface area (Å²) in [4.78, 5) is 8.68. The molecule has 0 fully saturated rings. The second-order valence-corrected chi connectivity index (χ2v) is 5.61. The number of rotatable bonds is 4. The van der Waals surface area contributed by atoms with Gasteiger partial charge in [-0.3, -0.25) is 0 Å². The van der Waals surface area contributed by atoms with Gasteiger partial charge in [-0.05, 0) is 43.9 Å². The molecule has 21 heavy (non-hydrogen) atoms. The van der Waals surface area contributed by atoms with E-state index in [4.69, 9.17) is 0 Å². The van der Waals surface area contributed by atoms with Crippen LogP contribution < -0.4 is 5.32 Å². The summed E-state index contributed by atoms with van der Waals surface area (Å²) in [6.07, 6.45) is 1.50. The fraction of sp³-hybridized carbons (Fsp3) is 0.412. The van der Waals surface area contributed by atoms with Gasteiger partial charge >= 0.3 is 0 Å². The Hall–Kier alpha value is -1.97. The van der Waals surface area contributed by atoms with Gasteiger partial charge in [-0.2, -0.15) is 0 Å². The molecule has 0 unspecified atom stereocenters. The first kappa shape index (κ1) is 15.4. The van der Waals surface area contributed by atoms with Gasteiger partial charge in [0.05, 0.1) is 5.69 Å². The van der Waals surface area contributed by atoms with E-state index in [1.54, 1.807) is 6.07 Å². The Morgan fingerprint density at radius 2 is 1.90 bits per heavy atom. The van der Waals surface area contributed by atoms with E-state index in [1.165, 1.54) is 6.33 Å². The quantitative estimate of drug-likeness (QED) is 0.902. The molecular formula is C17H22FN3. The van der Waals surface area contributed by atoms with Crippen LogP contribution in [0.2, 0.25) is 0 Å². The number of aromatic nitrogens is 2. The van der Waals surface area contributed by atoms with Crippen LogP contribution in [-0.4, -0.2) is 16.5 Å². The predicted octanol–water partition coefficient (Wildman–Crippen LogP) is 4.45. The molecule has 0 aliphatic rings. The van der Waals surface area contributed by atoms with Crippen LogP contribution in [0.3, 0.4) is 0 Å². The lowest BCUT2D eigenvalue weighted by Gasteiger charge is -2.18. The molecule has 0 saturated heterocycles. The number of nitrogens with one attached hydrogen (secondary N) is 1. The van der Waals surface area contributed by atoms with Gasteiger partial charge in [0.1, 0.15) is 18.0 Å². The molecule has 0 aliphatic carbocycles. The van der Waals surface area contributed by atoms with Crippen molar-refractivity contribution in [3.63, 3.8) is 0 Å². The molecule has 0 atom stereocenters. The van der Waals surface area contributed by atoms with Crippen LogP contribution in [0.25, 0.3) is 11.3 Å². The Bertz CT molecular complexity index is 627. The van der Waals surface area contributed by atoms with Crippen LogP contribution in [0, 0.1) is 19.7 Å². The monoisotopic (exact) mass is 287 g/mol. The fourth-order valence-corrected chi connectivity index (χ4v) is 2.67. The zero-order chi connectivity index (χ0) is 15.6. The molecule has 2 aromatic rings. The SMILES string of the molecule is CCNc1ncnc(-c2c(C)cc(C)cc2F)c1C(C)C. The summed E-state index contributed by atoms with van der Waals surface area (Å²) in [6, 6.07) is 3.54. The summed E-state index contributed by atoms with van der Waals surface area (Å²) >= 11 is 0. The summed E-state index contributed by atoms with van der Waals surface area (Å²) < 4.78 is 14.5. The average Bonchev–Trinajstić information content (AvgIpc) is 2.37. The maximum Gasteiger partial charge on any atom is 0.133 e. The van der Waals surface area contributed by atoms with E-state index in [1.807, 2.05) is 26.8 Å². The largest absolute Gasteiger partial charge is 0.370 e. The number of nitrogens with zero attached hydrogens (tertiary/aromatic N) is 2. The summed E-state index contributed by atoms with van der Waals surface area (Å²) in [5, 5.41) is 3.24. The van der Waals surface area contributed by atoms with E-state index in [0.29, 0.717) is 11.3 Å². The van der Waals surface area contributed by atoms with Crippen LogP contribution in [-0.2, 0) is 0 Å². The van der Waals surface area contributed by atoms with Gasteiger partial charge in [0, 0.05) is 17.7 Å². The Morgan fingerprint density at radius 3 is 2.48 bits per heavy atom. The highest BCUT2D eigenvalue weighted by Crippen LogP contribution is 2.35. The minimum absolute atomic E-state index is 0.204. The second-order valence-electron chi connectivity index (χ2n) is 5.61.